The fraction of sp³-hybridized carbons (Fsp3) is 0.625. The van der Waals surface area contributed by atoms with Crippen molar-refractivity contribution in [3.8, 4) is 0 Å². The molecule has 0 atom stereocenters. The molecule has 0 heterocycles. The van der Waals surface area contributed by atoms with Crippen molar-refractivity contribution in [2.24, 2.45) is 0 Å². The highest BCUT2D eigenvalue weighted by Gasteiger charge is 2.17. The van der Waals surface area contributed by atoms with Gasteiger partial charge in [0.1, 0.15) is 0 Å². The number of anilines is 1. The number of nitrogens with zero attached hydrogens (tertiary/aromatic N) is 1. The van der Waals surface area contributed by atoms with Crippen molar-refractivity contribution >= 4 is 5.69 Å². The molecule has 0 aromatic heterocycles. The van der Waals surface area contributed by atoms with Gasteiger partial charge in [-0.25, -0.2) is 0 Å². The van der Waals surface area contributed by atoms with Gasteiger partial charge in [-0.3, -0.25) is 0 Å². The summed E-state index contributed by atoms with van der Waals surface area (Å²) in [5, 5.41) is 0. The minimum absolute atomic E-state index is 0.833. The average Bonchev–Trinajstić information content (AvgIpc) is 2.40. The van der Waals surface area contributed by atoms with Gasteiger partial charge in [-0.05, 0) is 57.0 Å². The number of aryl methyl sites for hydroxylation is 1. The van der Waals surface area contributed by atoms with Crippen LogP contribution in [-0.2, 0) is 6.42 Å². The zero-order valence-corrected chi connectivity index (χ0v) is 11.6. The zero-order chi connectivity index (χ0) is 12.8. The highest BCUT2D eigenvalue weighted by molar-refractivity contribution is 5.40. The van der Waals surface area contributed by atoms with E-state index in [0.717, 1.165) is 18.2 Å². The first-order chi connectivity index (χ1) is 8.75. The Hall–Kier alpha value is -1.02. The summed E-state index contributed by atoms with van der Waals surface area (Å²) in [6, 6.07) is 9.12. The number of hydrogen-bond donors (Lipinski definition) is 1. The third-order valence-corrected chi connectivity index (χ3v) is 4.13. The molecule has 18 heavy (non-hydrogen) atoms. The summed E-state index contributed by atoms with van der Waals surface area (Å²) in [6.45, 7) is 1.21. The van der Waals surface area contributed by atoms with Crippen LogP contribution >= 0.6 is 0 Å². The SMILES string of the molecule is CN(CCCc1cccc(N)c1)C1CCCCC1. The van der Waals surface area contributed by atoms with E-state index < -0.39 is 0 Å². The Balaban J connectivity index is 1.71. The lowest BCUT2D eigenvalue weighted by Crippen LogP contribution is -2.34. The van der Waals surface area contributed by atoms with Crippen LogP contribution in [0.5, 0.6) is 0 Å². The molecule has 1 aliphatic carbocycles. The minimum Gasteiger partial charge on any atom is -0.399 e. The normalized spacial score (nSPS) is 17.2. The van der Waals surface area contributed by atoms with Gasteiger partial charge in [-0.1, -0.05) is 31.4 Å². The lowest BCUT2D eigenvalue weighted by molar-refractivity contribution is 0.190. The van der Waals surface area contributed by atoms with Crippen molar-refractivity contribution in [3.05, 3.63) is 29.8 Å². The molecule has 1 saturated carbocycles. The molecular formula is C16H26N2. The molecular weight excluding hydrogens is 220 g/mol. The number of nitrogen functional groups attached to an aromatic ring is 1. The second-order valence-electron chi connectivity index (χ2n) is 5.62. The zero-order valence-electron chi connectivity index (χ0n) is 11.6. The molecule has 0 radical (unpaired) electrons. The third-order valence-electron chi connectivity index (χ3n) is 4.13. The predicted molar refractivity (Wildman–Crippen MR) is 78.7 cm³/mol. The summed E-state index contributed by atoms with van der Waals surface area (Å²) in [7, 11) is 2.29. The van der Waals surface area contributed by atoms with Crippen LogP contribution < -0.4 is 5.73 Å². The van der Waals surface area contributed by atoms with Crippen molar-refractivity contribution in [1.82, 2.24) is 4.90 Å². The van der Waals surface area contributed by atoms with Crippen LogP contribution in [0.15, 0.2) is 24.3 Å². The summed E-state index contributed by atoms with van der Waals surface area (Å²) in [5.74, 6) is 0. The highest BCUT2D eigenvalue weighted by Crippen LogP contribution is 2.21. The van der Waals surface area contributed by atoms with Crippen molar-refractivity contribution in [2.75, 3.05) is 19.3 Å². The molecule has 0 saturated heterocycles. The average molecular weight is 246 g/mol. The molecule has 0 spiro atoms. The van der Waals surface area contributed by atoms with Gasteiger partial charge < -0.3 is 10.6 Å². The molecule has 2 nitrogen and oxygen atoms in total. The molecule has 0 amide bonds. The Kier molecular flexibility index (Phi) is 5.06. The maximum absolute atomic E-state index is 5.80. The summed E-state index contributed by atoms with van der Waals surface area (Å²) in [4.78, 5) is 2.56. The number of rotatable bonds is 5. The molecule has 2 rings (SSSR count). The number of hydrogen-bond acceptors (Lipinski definition) is 2. The van der Waals surface area contributed by atoms with Gasteiger partial charge in [0.05, 0.1) is 0 Å². The maximum Gasteiger partial charge on any atom is 0.0316 e. The van der Waals surface area contributed by atoms with Gasteiger partial charge in [0.25, 0.3) is 0 Å². The lowest BCUT2D eigenvalue weighted by Gasteiger charge is -2.31. The Morgan fingerprint density at radius 1 is 1.22 bits per heavy atom. The van der Waals surface area contributed by atoms with Crippen LogP contribution in [0.1, 0.15) is 44.1 Å². The first kappa shape index (κ1) is 13.4. The Morgan fingerprint density at radius 3 is 2.72 bits per heavy atom. The van der Waals surface area contributed by atoms with E-state index in [4.69, 9.17) is 5.73 Å². The molecule has 1 aromatic carbocycles. The van der Waals surface area contributed by atoms with Crippen molar-refractivity contribution in [2.45, 2.75) is 51.0 Å². The van der Waals surface area contributed by atoms with Gasteiger partial charge in [-0.2, -0.15) is 0 Å². The smallest absolute Gasteiger partial charge is 0.0316 e. The molecule has 2 heteroatoms. The quantitative estimate of drug-likeness (QED) is 0.806. The lowest BCUT2D eigenvalue weighted by atomic mass is 9.94. The van der Waals surface area contributed by atoms with Crippen LogP contribution in [0.3, 0.4) is 0 Å². The predicted octanol–water partition coefficient (Wildman–Crippen LogP) is 3.47. The molecule has 0 unspecified atom stereocenters. The fourth-order valence-corrected chi connectivity index (χ4v) is 2.99. The van der Waals surface area contributed by atoms with Gasteiger partial charge in [-0.15, -0.1) is 0 Å². The summed E-state index contributed by atoms with van der Waals surface area (Å²) < 4.78 is 0. The molecule has 1 aromatic rings. The fourth-order valence-electron chi connectivity index (χ4n) is 2.99. The summed E-state index contributed by atoms with van der Waals surface area (Å²) >= 11 is 0. The summed E-state index contributed by atoms with van der Waals surface area (Å²) in [5.41, 5.74) is 8.05. The first-order valence-electron chi connectivity index (χ1n) is 7.30. The number of benzene rings is 1. The Morgan fingerprint density at radius 2 is 2.00 bits per heavy atom. The second-order valence-corrected chi connectivity index (χ2v) is 5.62. The Labute approximate surface area is 111 Å². The monoisotopic (exact) mass is 246 g/mol. The molecule has 0 aliphatic heterocycles. The third kappa shape index (κ3) is 4.02. The van der Waals surface area contributed by atoms with Gasteiger partial charge in [0.2, 0.25) is 0 Å². The first-order valence-corrected chi connectivity index (χ1v) is 7.30. The van der Waals surface area contributed by atoms with Crippen molar-refractivity contribution < 1.29 is 0 Å². The standard InChI is InChI=1S/C16H26N2/c1-18(16-10-3-2-4-11-16)12-6-8-14-7-5-9-15(17)13-14/h5,7,9,13,16H,2-4,6,8,10-12,17H2,1H3. The molecule has 0 bridgehead atoms. The Bertz CT molecular complexity index is 356. The van der Waals surface area contributed by atoms with Gasteiger partial charge >= 0.3 is 0 Å². The van der Waals surface area contributed by atoms with Crippen LogP contribution in [0.4, 0.5) is 5.69 Å². The molecule has 100 valence electrons. The van der Waals surface area contributed by atoms with Crippen LogP contribution in [0.2, 0.25) is 0 Å². The van der Waals surface area contributed by atoms with Crippen LogP contribution in [0, 0.1) is 0 Å². The second kappa shape index (κ2) is 6.79. The van der Waals surface area contributed by atoms with E-state index in [-0.39, 0.29) is 0 Å². The van der Waals surface area contributed by atoms with Crippen molar-refractivity contribution in [1.29, 1.82) is 0 Å². The van der Waals surface area contributed by atoms with E-state index in [0.29, 0.717) is 0 Å². The van der Waals surface area contributed by atoms with Crippen molar-refractivity contribution in [3.63, 3.8) is 0 Å². The highest BCUT2D eigenvalue weighted by atomic mass is 15.1. The van der Waals surface area contributed by atoms with E-state index >= 15 is 0 Å². The largest absolute Gasteiger partial charge is 0.399 e. The van der Waals surface area contributed by atoms with E-state index in [2.05, 4.69) is 30.1 Å². The molecule has 1 aliphatic rings. The van der Waals surface area contributed by atoms with Crippen LogP contribution in [-0.4, -0.2) is 24.5 Å². The van der Waals surface area contributed by atoms with E-state index in [1.54, 1.807) is 0 Å². The number of nitrogens with two attached hydrogens (primary N) is 1. The van der Waals surface area contributed by atoms with Gasteiger partial charge in [0.15, 0.2) is 0 Å². The van der Waals surface area contributed by atoms with Gasteiger partial charge in [0, 0.05) is 11.7 Å². The van der Waals surface area contributed by atoms with E-state index in [9.17, 15) is 0 Å². The van der Waals surface area contributed by atoms with E-state index in [1.165, 1.54) is 50.6 Å². The molecule has 1 fully saturated rings. The summed E-state index contributed by atoms with van der Waals surface area (Å²) in [6.07, 6.45) is 9.45. The topological polar surface area (TPSA) is 29.3 Å². The van der Waals surface area contributed by atoms with Crippen LogP contribution in [0.25, 0.3) is 0 Å². The molecule has 2 N–H and O–H groups in total. The minimum atomic E-state index is 0.833. The van der Waals surface area contributed by atoms with E-state index in [1.807, 2.05) is 6.07 Å². The maximum atomic E-state index is 5.80.